The van der Waals surface area contributed by atoms with Crippen LogP contribution in [0.1, 0.15) is 49.0 Å². The number of rotatable bonds is 9. The number of nitrogens with zero attached hydrogens (tertiary/aromatic N) is 3. The second-order valence-electron chi connectivity index (χ2n) is 8.64. The Balaban J connectivity index is 1.38. The SMILES string of the molecule is CCN(CC)C1=NC(=O)C(CC(=O)Nc2cccc(C(=O)N(Cc3ccc(F)cc3)C3CC3)c2)S1. The van der Waals surface area contributed by atoms with Crippen LogP contribution in [-0.2, 0) is 16.1 Å². The third-order valence-corrected chi connectivity index (χ3v) is 7.25. The molecule has 9 heteroatoms. The molecular weight excluding hydrogens is 467 g/mol. The number of anilines is 1. The summed E-state index contributed by atoms with van der Waals surface area (Å²) in [5, 5.41) is 2.93. The van der Waals surface area contributed by atoms with E-state index in [0.29, 0.717) is 23.0 Å². The lowest BCUT2D eigenvalue weighted by Crippen LogP contribution is -2.32. The van der Waals surface area contributed by atoms with Gasteiger partial charge in [0.05, 0.1) is 0 Å². The fourth-order valence-electron chi connectivity index (χ4n) is 3.95. The summed E-state index contributed by atoms with van der Waals surface area (Å²) in [6.07, 6.45) is 1.89. The first-order valence-corrected chi connectivity index (χ1v) is 12.7. The highest BCUT2D eigenvalue weighted by Gasteiger charge is 2.34. The van der Waals surface area contributed by atoms with Crippen LogP contribution in [0.3, 0.4) is 0 Å². The number of thioether (sulfide) groups is 1. The van der Waals surface area contributed by atoms with Crippen molar-refractivity contribution in [1.29, 1.82) is 0 Å². The van der Waals surface area contributed by atoms with Gasteiger partial charge in [-0.15, -0.1) is 0 Å². The summed E-state index contributed by atoms with van der Waals surface area (Å²) in [4.78, 5) is 46.1. The van der Waals surface area contributed by atoms with E-state index in [0.717, 1.165) is 31.5 Å². The Morgan fingerprint density at radius 1 is 1.11 bits per heavy atom. The number of nitrogens with one attached hydrogen (secondary N) is 1. The maximum Gasteiger partial charge on any atom is 0.262 e. The summed E-state index contributed by atoms with van der Waals surface area (Å²) in [6.45, 7) is 5.88. The number of benzene rings is 2. The van der Waals surface area contributed by atoms with E-state index in [1.807, 2.05) is 18.7 Å². The lowest BCUT2D eigenvalue weighted by Gasteiger charge is -2.23. The van der Waals surface area contributed by atoms with Gasteiger partial charge in [0.1, 0.15) is 11.1 Å². The second kappa shape index (κ2) is 11.0. The monoisotopic (exact) mass is 496 g/mol. The molecule has 4 rings (SSSR count). The second-order valence-corrected chi connectivity index (χ2v) is 9.81. The van der Waals surface area contributed by atoms with Crippen molar-refractivity contribution >= 4 is 40.3 Å². The minimum absolute atomic E-state index is 0.00864. The number of amidine groups is 1. The Bertz CT molecular complexity index is 1130. The number of amides is 3. The molecule has 1 fully saturated rings. The molecule has 3 amide bonds. The fraction of sp³-hybridized carbons (Fsp3) is 0.385. The van der Waals surface area contributed by atoms with E-state index < -0.39 is 5.25 Å². The van der Waals surface area contributed by atoms with Gasteiger partial charge in [0.15, 0.2) is 5.17 Å². The number of carbonyl (C=O) groups is 3. The molecule has 0 spiro atoms. The molecule has 1 N–H and O–H groups in total. The van der Waals surface area contributed by atoms with E-state index in [-0.39, 0.29) is 36.0 Å². The Labute approximate surface area is 208 Å². The van der Waals surface area contributed by atoms with E-state index in [1.54, 1.807) is 41.3 Å². The minimum Gasteiger partial charge on any atom is -0.352 e. The average Bonchev–Trinajstić information content (AvgIpc) is 3.63. The topological polar surface area (TPSA) is 82.1 Å². The molecule has 35 heavy (non-hydrogen) atoms. The highest BCUT2D eigenvalue weighted by molar-refractivity contribution is 8.15. The van der Waals surface area contributed by atoms with Crippen molar-refractivity contribution in [2.75, 3.05) is 18.4 Å². The maximum absolute atomic E-state index is 13.3. The lowest BCUT2D eigenvalue weighted by molar-refractivity contribution is -0.121. The van der Waals surface area contributed by atoms with E-state index in [1.165, 1.54) is 23.9 Å². The van der Waals surface area contributed by atoms with Gasteiger partial charge in [-0.3, -0.25) is 14.4 Å². The summed E-state index contributed by atoms with van der Waals surface area (Å²) >= 11 is 1.32. The van der Waals surface area contributed by atoms with Crippen LogP contribution in [0.15, 0.2) is 53.5 Å². The van der Waals surface area contributed by atoms with Gasteiger partial charge in [0, 0.05) is 43.3 Å². The molecule has 1 atom stereocenters. The first-order chi connectivity index (χ1) is 16.9. The molecule has 1 saturated carbocycles. The van der Waals surface area contributed by atoms with Crippen molar-refractivity contribution in [3.8, 4) is 0 Å². The van der Waals surface area contributed by atoms with Crippen molar-refractivity contribution in [3.05, 3.63) is 65.5 Å². The van der Waals surface area contributed by atoms with Crippen molar-refractivity contribution in [2.24, 2.45) is 4.99 Å². The maximum atomic E-state index is 13.3. The summed E-state index contributed by atoms with van der Waals surface area (Å²) in [5.41, 5.74) is 1.83. The smallest absolute Gasteiger partial charge is 0.262 e. The quantitative estimate of drug-likeness (QED) is 0.560. The van der Waals surface area contributed by atoms with E-state index in [4.69, 9.17) is 0 Å². The van der Waals surface area contributed by atoms with Crippen LogP contribution in [-0.4, -0.2) is 57.1 Å². The summed E-state index contributed by atoms with van der Waals surface area (Å²) in [6, 6.07) is 13.1. The standard InChI is InChI=1S/C26H29FN4O3S/c1-3-30(4-2)26-29-24(33)22(35-26)15-23(32)28-20-7-5-6-18(14-20)25(34)31(21-12-13-21)16-17-8-10-19(27)11-9-17/h5-11,14,21-22H,3-4,12-13,15-16H2,1-2H3,(H,28,32). The summed E-state index contributed by atoms with van der Waals surface area (Å²) in [5.74, 6) is -1.04. The number of halogens is 1. The van der Waals surface area contributed by atoms with Gasteiger partial charge in [-0.1, -0.05) is 30.0 Å². The molecule has 184 valence electrons. The Morgan fingerprint density at radius 3 is 2.49 bits per heavy atom. The van der Waals surface area contributed by atoms with Crippen molar-refractivity contribution in [2.45, 2.75) is 50.9 Å². The van der Waals surface area contributed by atoms with Crippen molar-refractivity contribution in [1.82, 2.24) is 9.80 Å². The molecule has 0 radical (unpaired) electrons. The third-order valence-electron chi connectivity index (χ3n) is 6.04. The van der Waals surface area contributed by atoms with Crippen LogP contribution in [0.25, 0.3) is 0 Å². The van der Waals surface area contributed by atoms with Gasteiger partial charge >= 0.3 is 0 Å². The molecule has 0 aromatic heterocycles. The molecule has 2 aromatic rings. The van der Waals surface area contributed by atoms with E-state index in [2.05, 4.69) is 10.3 Å². The first-order valence-electron chi connectivity index (χ1n) is 11.9. The third kappa shape index (κ3) is 6.28. The van der Waals surface area contributed by atoms with E-state index >= 15 is 0 Å². The zero-order valence-electron chi connectivity index (χ0n) is 19.9. The highest BCUT2D eigenvalue weighted by atomic mass is 32.2. The molecule has 1 aliphatic heterocycles. The van der Waals surface area contributed by atoms with Gasteiger partial charge in [-0.25, -0.2) is 4.39 Å². The van der Waals surface area contributed by atoms with Crippen molar-refractivity contribution < 1.29 is 18.8 Å². The zero-order chi connectivity index (χ0) is 24.9. The minimum atomic E-state index is -0.545. The molecule has 1 aliphatic carbocycles. The van der Waals surface area contributed by atoms with Crippen LogP contribution < -0.4 is 5.32 Å². The molecular formula is C26H29FN4O3S. The fourth-order valence-corrected chi connectivity index (χ4v) is 5.15. The van der Waals surface area contributed by atoms with Gasteiger partial charge < -0.3 is 15.1 Å². The number of aliphatic imine (C=N–C) groups is 1. The summed E-state index contributed by atoms with van der Waals surface area (Å²) < 4.78 is 13.3. The van der Waals surface area contributed by atoms with Crippen molar-refractivity contribution in [3.63, 3.8) is 0 Å². The predicted molar refractivity (Wildman–Crippen MR) is 136 cm³/mol. The molecule has 7 nitrogen and oxygen atoms in total. The van der Waals surface area contributed by atoms with Gasteiger partial charge in [-0.05, 0) is 62.6 Å². The zero-order valence-corrected chi connectivity index (χ0v) is 20.7. The molecule has 0 bridgehead atoms. The van der Waals surface area contributed by atoms with Crippen LogP contribution >= 0.6 is 11.8 Å². The molecule has 2 aromatic carbocycles. The van der Waals surface area contributed by atoms with Gasteiger partial charge in [-0.2, -0.15) is 4.99 Å². The Hall–Kier alpha value is -3.20. The Kier molecular flexibility index (Phi) is 7.85. The lowest BCUT2D eigenvalue weighted by atomic mass is 10.1. The first kappa shape index (κ1) is 24.9. The molecule has 2 aliphatic rings. The van der Waals surface area contributed by atoms with E-state index in [9.17, 15) is 18.8 Å². The normalized spacial score (nSPS) is 17.2. The average molecular weight is 497 g/mol. The molecule has 1 unspecified atom stereocenters. The molecule has 0 saturated heterocycles. The van der Waals surface area contributed by atoms with Gasteiger partial charge in [0.25, 0.3) is 11.8 Å². The van der Waals surface area contributed by atoms with Crippen LogP contribution in [0.2, 0.25) is 0 Å². The highest BCUT2D eigenvalue weighted by Crippen LogP contribution is 2.31. The number of carbonyl (C=O) groups excluding carboxylic acids is 3. The number of hydrogen-bond donors (Lipinski definition) is 1. The number of hydrogen-bond acceptors (Lipinski definition) is 5. The van der Waals surface area contributed by atoms with Crippen LogP contribution in [0.4, 0.5) is 10.1 Å². The summed E-state index contributed by atoms with van der Waals surface area (Å²) in [7, 11) is 0. The molecule has 1 heterocycles. The Morgan fingerprint density at radius 2 is 1.83 bits per heavy atom. The van der Waals surface area contributed by atoms with Gasteiger partial charge in [0.2, 0.25) is 5.91 Å². The van der Waals surface area contributed by atoms with Crippen LogP contribution in [0, 0.1) is 5.82 Å². The largest absolute Gasteiger partial charge is 0.352 e. The van der Waals surface area contributed by atoms with Crippen LogP contribution in [0.5, 0.6) is 0 Å². The predicted octanol–water partition coefficient (Wildman–Crippen LogP) is 4.30.